The normalized spacial score (nSPS) is 22.9. The van der Waals surface area contributed by atoms with Gasteiger partial charge in [-0.25, -0.2) is 4.39 Å². The van der Waals surface area contributed by atoms with Gasteiger partial charge in [-0.15, -0.1) is 0 Å². The number of fused-ring (bicyclic) bond motifs is 4. The Morgan fingerprint density at radius 3 is 2.47 bits per heavy atom. The molecule has 0 bridgehead atoms. The van der Waals surface area contributed by atoms with Gasteiger partial charge in [-0.3, -0.25) is 24.8 Å². The minimum atomic E-state index is -0.542. The Morgan fingerprint density at radius 2 is 1.74 bits per heavy atom. The Bertz CT molecular complexity index is 1770. The zero-order valence-corrected chi connectivity index (χ0v) is 24.1. The van der Waals surface area contributed by atoms with Crippen molar-refractivity contribution >= 4 is 39.3 Å². The maximum Gasteiger partial charge on any atom is 0.319 e. The van der Waals surface area contributed by atoms with E-state index in [2.05, 4.69) is 33.2 Å². The summed E-state index contributed by atoms with van der Waals surface area (Å²) in [7, 11) is 0. The molecular weight excluding hydrogens is 547 g/mol. The van der Waals surface area contributed by atoms with Crippen LogP contribution >= 0.6 is 0 Å². The molecule has 0 aliphatic carbocycles. The number of halogens is 1. The van der Waals surface area contributed by atoms with Crippen LogP contribution in [0.25, 0.3) is 32.9 Å². The first-order valence-corrected chi connectivity index (χ1v) is 15.3. The molecule has 4 fully saturated rings. The van der Waals surface area contributed by atoms with Crippen molar-refractivity contribution in [3.05, 3.63) is 54.0 Å². The SMILES string of the molecule is CCc1cccc2cccc(-c3ncc4c(N5CC6C(=O)NC(=O)C6C5)nc(OCC56CCCN5CCC6)nc4c3F)c12. The molecule has 10 heteroatoms. The quantitative estimate of drug-likeness (QED) is 0.338. The van der Waals surface area contributed by atoms with E-state index in [1.807, 2.05) is 35.2 Å². The maximum atomic E-state index is 16.7. The van der Waals surface area contributed by atoms with E-state index < -0.39 is 17.7 Å². The summed E-state index contributed by atoms with van der Waals surface area (Å²) in [5, 5.41) is 4.86. The molecule has 220 valence electrons. The number of aryl methyl sites for hydroxylation is 1. The number of rotatable bonds is 6. The maximum absolute atomic E-state index is 16.7. The predicted molar refractivity (Wildman–Crippen MR) is 160 cm³/mol. The number of hydrogen-bond donors (Lipinski definition) is 1. The largest absolute Gasteiger partial charge is 0.461 e. The van der Waals surface area contributed by atoms with Crippen molar-refractivity contribution in [1.29, 1.82) is 0 Å². The molecule has 0 radical (unpaired) electrons. The fraction of sp³-hybridized carbons (Fsp3) is 0.424. The molecule has 4 saturated heterocycles. The molecule has 2 atom stereocenters. The Kier molecular flexibility index (Phi) is 6.11. The summed E-state index contributed by atoms with van der Waals surface area (Å²) in [5.41, 5.74) is 2.14. The average molecular weight is 581 g/mol. The van der Waals surface area contributed by atoms with Crippen molar-refractivity contribution in [3.8, 4) is 17.3 Å². The summed E-state index contributed by atoms with van der Waals surface area (Å²) in [4.78, 5) is 43.3. The molecule has 4 aliphatic heterocycles. The number of pyridine rings is 1. The van der Waals surface area contributed by atoms with Crippen LogP contribution in [0.4, 0.5) is 10.2 Å². The van der Waals surface area contributed by atoms with Crippen LogP contribution in [0.1, 0.15) is 38.2 Å². The fourth-order valence-corrected chi connectivity index (χ4v) is 7.90. The number of carbonyl (C=O) groups excluding carboxylic acids is 2. The molecule has 8 rings (SSSR count). The van der Waals surface area contributed by atoms with Gasteiger partial charge in [0.1, 0.15) is 23.6 Å². The second-order valence-electron chi connectivity index (χ2n) is 12.4. The fourth-order valence-electron chi connectivity index (χ4n) is 7.90. The summed E-state index contributed by atoms with van der Waals surface area (Å²) in [6.45, 7) is 5.26. The van der Waals surface area contributed by atoms with Crippen molar-refractivity contribution in [2.75, 3.05) is 37.7 Å². The number of nitrogens with one attached hydrogen (secondary N) is 1. The van der Waals surface area contributed by atoms with E-state index >= 15 is 4.39 Å². The van der Waals surface area contributed by atoms with Crippen molar-refractivity contribution in [2.24, 2.45) is 11.8 Å². The van der Waals surface area contributed by atoms with Gasteiger partial charge < -0.3 is 9.64 Å². The van der Waals surface area contributed by atoms with Crippen LogP contribution in [0.2, 0.25) is 0 Å². The molecule has 2 aromatic carbocycles. The first kappa shape index (κ1) is 26.4. The lowest BCUT2D eigenvalue weighted by atomic mass is 9.95. The average Bonchev–Trinajstić information content (AvgIpc) is 3.78. The summed E-state index contributed by atoms with van der Waals surface area (Å²) >= 11 is 0. The van der Waals surface area contributed by atoms with Crippen molar-refractivity contribution < 1.29 is 18.7 Å². The molecule has 4 aromatic rings. The highest BCUT2D eigenvalue weighted by Gasteiger charge is 2.49. The van der Waals surface area contributed by atoms with Crippen molar-refractivity contribution in [3.63, 3.8) is 0 Å². The number of nitrogens with zero attached hydrogens (tertiary/aromatic N) is 5. The van der Waals surface area contributed by atoms with E-state index in [1.54, 1.807) is 6.20 Å². The van der Waals surface area contributed by atoms with E-state index in [9.17, 15) is 9.59 Å². The van der Waals surface area contributed by atoms with Crippen LogP contribution in [-0.2, 0) is 16.0 Å². The number of anilines is 1. The second-order valence-corrected chi connectivity index (χ2v) is 12.4. The van der Waals surface area contributed by atoms with Crippen LogP contribution in [0, 0.1) is 17.7 Å². The zero-order valence-electron chi connectivity index (χ0n) is 24.1. The lowest BCUT2D eigenvalue weighted by Gasteiger charge is -2.31. The lowest BCUT2D eigenvalue weighted by molar-refractivity contribution is -0.126. The molecule has 1 N–H and O–H groups in total. The summed E-state index contributed by atoms with van der Waals surface area (Å²) in [6, 6.07) is 12.1. The third-order valence-corrected chi connectivity index (χ3v) is 10.1. The van der Waals surface area contributed by atoms with E-state index in [4.69, 9.17) is 9.72 Å². The standard InChI is InChI=1S/C33H33FN6O3/c1-2-19-7-3-8-20-9-4-10-21(25(19)20)27-26(34)28-22(15-35-27)29(39-16-23-24(17-39)31(42)38-30(23)41)37-32(36-28)43-18-33-11-5-13-40(33)14-6-12-33/h3-4,7-10,15,23-24H,2,5-6,11-14,16-18H2,1H3,(H,38,41,42). The molecule has 2 unspecified atom stereocenters. The van der Waals surface area contributed by atoms with Gasteiger partial charge in [-0.05, 0) is 61.5 Å². The number of amides is 2. The molecule has 43 heavy (non-hydrogen) atoms. The predicted octanol–water partition coefficient (Wildman–Crippen LogP) is 4.26. The van der Waals surface area contributed by atoms with E-state index in [0.29, 0.717) is 36.5 Å². The van der Waals surface area contributed by atoms with Crippen LogP contribution in [0.3, 0.4) is 0 Å². The van der Waals surface area contributed by atoms with Gasteiger partial charge >= 0.3 is 6.01 Å². The van der Waals surface area contributed by atoms with Gasteiger partial charge in [0, 0.05) is 24.8 Å². The first-order valence-electron chi connectivity index (χ1n) is 15.3. The summed E-state index contributed by atoms with van der Waals surface area (Å²) in [5.74, 6) is -1.59. The van der Waals surface area contributed by atoms with Crippen molar-refractivity contribution in [2.45, 2.75) is 44.6 Å². The third-order valence-electron chi connectivity index (χ3n) is 10.1. The van der Waals surface area contributed by atoms with Crippen LogP contribution in [-0.4, -0.2) is 70.0 Å². The van der Waals surface area contributed by atoms with Gasteiger partial charge in [-0.1, -0.05) is 43.3 Å². The third kappa shape index (κ3) is 4.10. The number of carbonyl (C=O) groups is 2. The second kappa shape index (κ2) is 9.94. The highest BCUT2D eigenvalue weighted by Crippen LogP contribution is 2.41. The topological polar surface area (TPSA) is 101 Å². The summed E-state index contributed by atoms with van der Waals surface area (Å²) < 4.78 is 23.0. The highest BCUT2D eigenvalue weighted by atomic mass is 19.1. The van der Waals surface area contributed by atoms with E-state index in [0.717, 1.165) is 61.5 Å². The molecule has 2 amide bonds. The Morgan fingerprint density at radius 1 is 1.02 bits per heavy atom. The van der Waals surface area contributed by atoms with Gasteiger partial charge in [-0.2, -0.15) is 9.97 Å². The highest BCUT2D eigenvalue weighted by molar-refractivity contribution is 6.07. The van der Waals surface area contributed by atoms with E-state index in [-0.39, 0.29) is 34.6 Å². The van der Waals surface area contributed by atoms with Gasteiger partial charge in [0.2, 0.25) is 11.8 Å². The molecule has 0 spiro atoms. The smallest absolute Gasteiger partial charge is 0.319 e. The van der Waals surface area contributed by atoms with Crippen LogP contribution in [0.5, 0.6) is 6.01 Å². The lowest BCUT2D eigenvalue weighted by Crippen LogP contribution is -2.43. The number of ether oxygens (including phenoxy) is 1. The minimum absolute atomic E-state index is 0.0326. The Balaban J connectivity index is 1.26. The minimum Gasteiger partial charge on any atom is -0.461 e. The zero-order chi connectivity index (χ0) is 29.3. The van der Waals surface area contributed by atoms with Crippen LogP contribution in [0.15, 0.2) is 42.6 Å². The molecule has 9 nitrogen and oxygen atoms in total. The first-order chi connectivity index (χ1) is 21.0. The van der Waals surface area contributed by atoms with Gasteiger partial charge in [0.05, 0.1) is 22.8 Å². The van der Waals surface area contributed by atoms with E-state index in [1.165, 1.54) is 0 Å². The van der Waals surface area contributed by atoms with Gasteiger partial charge in [0.25, 0.3) is 0 Å². The molecule has 0 saturated carbocycles. The molecule has 4 aliphatic rings. The number of hydrogen-bond acceptors (Lipinski definition) is 8. The van der Waals surface area contributed by atoms with Gasteiger partial charge in [0.15, 0.2) is 5.82 Å². The molecular formula is C33H33FN6O3. The Hall–Kier alpha value is -4.18. The van der Waals surface area contributed by atoms with Crippen LogP contribution < -0.4 is 15.0 Å². The molecule has 6 heterocycles. The number of benzene rings is 2. The number of imide groups is 1. The summed E-state index contributed by atoms with van der Waals surface area (Å²) in [6.07, 6.45) is 6.80. The monoisotopic (exact) mass is 580 g/mol. The molecule has 2 aromatic heterocycles. The number of aromatic nitrogens is 3. The Labute approximate surface area is 248 Å². The van der Waals surface area contributed by atoms with Crippen molar-refractivity contribution in [1.82, 2.24) is 25.2 Å².